The first-order valence-electron chi connectivity index (χ1n) is 10.2. The maximum absolute atomic E-state index is 13.2. The van der Waals surface area contributed by atoms with Crippen LogP contribution >= 0.6 is 23.4 Å². The Bertz CT molecular complexity index is 952. The number of rotatable bonds is 4. The van der Waals surface area contributed by atoms with E-state index in [0.29, 0.717) is 47.3 Å². The number of thioether (sulfide) groups is 1. The Morgan fingerprint density at radius 2 is 1.52 bits per heavy atom. The summed E-state index contributed by atoms with van der Waals surface area (Å²) < 4.78 is 10.6. The third kappa shape index (κ3) is 4.34. The van der Waals surface area contributed by atoms with E-state index in [9.17, 15) is 9.59 Å². The van der Waals surface area contributed by atoms with Crippen LogP contribution in [0.25, 0.3) is 0 Å². The van der Waals surface area contributed by atoms with E-state index in [1.807, 2.05) is 21.6 Å². The van der Waals surface area contributed by atoms with Crippen molar-refractivity contribution in [1.29, 1.82) is 0 Å². The molecule has 4 rings (SSSR count). The molecule has 2 aromatic rings. The van der Waals surface area contributed by atoms with E-state index in [2.05, 4.69) is 0 Å². The fourth-order valence-electron chi connectivity index (χ4n) is 4.23. The summed E-state index contributed by atoms with van der Waals surface area (Å²) in [6, 6.07) is 12.2. The van der Waals surface area contributed by atoms with Crippen molar-refractivity contribution >= 4 is 35.2 Å². The maximum atomic E-state index is 13.2. The van der Waals surface area contributed by atoms with Crippen LogP contribution in [0.3, 0.4) is 0 Å². The lowest BCUT2D eigenvalue weighted by Crippen LogP contribution is -2.53. The van der Waals surface area contributed by atoms with Crippen molar-refractivity contribution in [2.75, 3.05) is 39.6 Å². The number of piperidine rings is 1. The van der Waals surface area contributed by atoms with Gasteiger partial charge in [-0.15, -0.1) is 11.8 Å². The van der Waals surface area contributed by atoms with Crippen molar-refractivity contribution in [1.82, 2.24) is 9.80 Å². The van der Waals surface area contributed by atoms with Crippen molar-refractivity contribution in [3.63, 3.8) is 0 Å². The zero-order chi connectivity index (χ0) is 22.0. The SMILES string of the molecule is COc1cc(OC)cc(C(=O)N2CCC3(CC2)SCCN3C(=O)c2ccc(Cl)cc2)c1. The normalized spacial score (nSPS) is 17.6. The highest BCUT2D eigenvalue weighted by atomic mass is 35.5. The zero-order valence-electron chi connectivity index (χ0n) is 17.6. The fraction of sp³-hybridized carbons (Fsp3) is 0.391. The number of carbonyl (C=O) groups excluding carboxylic acids is 2. The molecule has 2 heterocycles. The van der Waals surface area contributed by atoms with Gasteiger partial charge < -0.3 is 19.3 Å². The Hall–Kier alpha value is -2.38. The molecular weight excluding hydrogens is 436 g/mol. The van der Waals surface area contributed by atoms with Gasteiger partial charge in [-0.05, 0) is 49.2 Å². The van der Waals surface area contributed by atoms with Gasteiger partial charge >= 0.3 is 0 Å². The highest BCUT2D eigenvalue weighted by Gasteiger charge is 2.47. The Kier molecular flexibility index (Phi) is 6.34. The summed E-state index contributed by atoms with van der Waals surface area (Å²) in [6.07, 6.45) is 1.48. The molecule has 8 heteroatoms. The second-order valence-corrected chi connectivity index (χ2v) is 9.55. The molecule has 2 aromatic carbocycles. The molecule has 0 radical (unpaired) electrons. The fourth-order valence-corrected chi connectivity index (χ4v) is 5.81. The van der Waals surface area contributed by atoms with Gasteiger partial charge in [-0.3, -0.25) is 9.59 Å². The number of ether oxygens (including phenoxy) is 2. The van der Waals surface area contributed by atoms with Gasteiger partial charge in [0.15, 0.2) is 0 Å². The number of hydrogen-bond donors (Lipinski definition) is 0. The molecule has 0 N–H and O–H groups in total. The Morgan fingerprint density at radius 3 is 2.10 bits per heavy atom. The molecule has 0 saturated carbocycles. The second kappa shape index (κ2) is 9.01. The molecule has 0 aliphatic carbocycles. The zero-order valence-corrected chi connectivity index (χ0v) is 19.2. The van der Waals surface area contributed by atoms with E-state index < -0.39 is 0 Å². The lowest BCUT2D eigenvalue weighted by molar-refractivity contribution is 0.0497. The minimum absolute atomic E-state index is 0.0268. The van der Waals surface area contributed by atoms with Crippen LogP contribution in [0.4, 0.5) is 0 Å². The van der Waals surface area contributed by atoms with E-state index in [1.165, 1.54) is 0 Å². The molecule has 2 amide bonds. The third-order valence-electron chi connectivity index (χ3n) is 5.94. The van der Waals surface area contributed by atoms with Gasteiger partial charge in [0.1, 0.15) is 11.5 Å². The molecule has 31 heavy (non-hydrogen) atoms. The maximum Gasteiger partial charge on any atom is 0.254 e. The molecule has 2 aliphatic heterocycles. The predicted molar refractivity (Wildman–Crippen MR) is 122 cm³/mol. The van der Waals surface area contributed by atoms with Crippen molar-refractivity contribution in [2.45, 2.75) is 17.7 Å². The van der Waals surface area contributed by atoms with Crippen LogP contribution in [-0.2, 0) is 0 Å². The molecule has 2 saturated heterocycles. The van der Waals surface area contributed by atoms with E-state index in [-0.39, 0.29) is 16.7 Å². The summed E-state index contributed by atoms with van der Waals surface area (Å²) in [7, 11) is 3.13. The quantitative estimate of drug-likeness (QED) is 0.685. The smallest absolute Gasteiger partial charge is 0.254 e. The number of nitrogens with zero attached hydrogens (tertiary/aromatic N) is 2. The molecule has 2 aliphatic rings. The number of likely N-dealkylation sites (tertiary alicyclic amines) is 1. The molecule has 0 atom stereocenters. The average Bonchev–Trinajstić information content (AvgIpc) is 3.21. The highest BCUT2D eigenvalue weighted by molar-refractivity contribution is 8.00. The molecule has 0 unspecified atom stereocenters. The van der Waals surface area contributed by atoms with Crippen LogP contribution in [-0.4, -0.2) is 66.1 Å². The van der Waals surface area contributed by atoms with Crippen LogP contribution in [0.1, 0.15) is 33.6 Å². The van der Waals surface area contributed by atoms with Gasteiger partial charge in [0, 0.05) is 47.6 Å². The van der Waals surface area contributed by atoms with Gasteiger partial charge in [0.2, 0.25) is 0 Å². The van der Waals surface area contributed by atoms with Crippen LogP contribution < -0.4 is 9.47 Å². The van der Waals surface area contributed by atoms with Crippen LogP contribution in [0.5, 0.6) is 11.5 Å². The molecule has 2 fully saturated rings. The highest BCUT2D eigenvalue weighted by Crippen LogP contribution is 2.44. The van der Waals surface area contributed by atoms with Gasteiger partial charge in [0.05, 0.1) is 19.1 Å². The van der Waals surface area contributed by atoms with E-state index in [1.54, 1.807) is 56.7 Å². The first kappa shape index (κ1) is 21.8. The molecule has 164 valence electrons. The Morgan fingerprint density at radius 1 is 0.903 bits per heavy atom. The first-order valence-corrected chi connectivity index (χ1v) is 11.6. The van der Waals surface area contributed by atoms with Crippen LogP contribution in [0.2, 0.25) is 5.02 Å². The van der Waals surface area contributed by atoms with E-state index >= 15 is 0 Å². The van der Waals surface area contributed by atoms with Gasteiger partial charge in [-0.1, -0.05) is 11.6 Å². The minimum Gasteiger partial charge on any atom is -0.497 e. The molecule has 0 bridgehead atoms. The monoisotopic (exact) mass is 460 g/mol. The minimum atomic E-state index is -0.264. The Labute approximate surface area is 191 Å². The van der Waals surface area contributed by atoms with E-state index in [4.69, 9.17) is 21.1 Å². The standard InChI is InChI=1S/C23H25ClN2O4S/c1-29-19-13-17(14-20(15-19)30-2)21(27)25-9-7-23(8-10-25)26(11-12-31-23)22(28)16-3-5-18(24)6-4-16/h3-6,13-15H,7-12H2,1-2H3. The van der Waals surface area contributed by atoms with Gasteiger partial charge in [-0.2, -0.15) is 0 Å². The van der Waals surface area contributed by atoms with Crippen molar-refractivity contribution < 1.29 is 19.1 Å². The number of carbonyl (C=O) groups is 2. The largest absolute Gasteiger partial charge is 0.497 e. The molecular formula is C23H25ClN2O4S. The van der Waals surface area contributed by atoms with Crippen molar-refractivity contribution in [3.8, 4) is 11.5 Å². The van der Waals surface area contributed by atoms with Crippen molar-refractivity contribution in [2.24, 2.45) is 0 Å². The first-order chi connectivity index (χ1) is 15.0. The average molecular weight is 461 g/mol. The topological polar surface area (TPSA) is 59.1 Å². The molecule has 0 aromatic heterocycles. The summed E-state index contributed by atoms with van der Waals surface area (Å²) in [4.78, 5) is 29.9. The Balaban J connectivity index is 1.47. The number of hydrogen-bond acceptors (Lipinski definition) is 5. The summed E-state index contributed by atoms with van der Waals surface area (Å²) in [5.74, 6) is 2.05. The molecule has 6 nitrogen and oxygen atoms in total. The number of halogens is 1. The number of methoxy groups -OCH3 is 2. The lowest BCUT2D eigenvalue weighted by atomic mass is 10.00. The summed E-state index contributed by atoms with van der Waals surface area (Å²) in [5.41, 5.74) is 1.19. The summed E-state index contributed by atoms with van der Waals surface area (Å²) in [5, 5.41) is 0.614. The molecule has 1 spiro atoms. The third-order valence-corrected chi connectivity index (χ3v) is 7.75. The lowest BCUT2D eigenvalue weighted by Gasteiger charge is -2.44. The predicted octanol–water partition coefficient (Wildman–Crippen LogP) is 4.18. The second-order valence-electron chi connectivity index (χ2n) is 7.65. The van der Waals surface area contributed by atoms with E-state index in [0.717, 1.165) is 18.6 Å². The van der Waals surface area contributed by atoms with Crippen LogP contribution in [0.15, 0.2) is 42.5 Å². The van der Waals surface area contributed by atoms with Gasteiger partial charge in [-0.25, -0.2) is 0 Å². The summed E-state index contributed by atoms with van der Waals surface area (Å²) >= 11 is 7.79. The summed E-state index contributed by atoms with van der Waals surface area (Å²) in [6.45, 7) is 1.90. The van der Waals surface area contributed by atoms with Gasteiger partial charge in [0.25, 0.3) is 11.8 Å². The number of amides is 2. The van der Waals surface area contributed by atoms with Crippen LogP contribution in [0, 0.1) is 0 Å². The van der Waals surface area contributed by atoms with Crippen molar-refractivity contribution in [3.05, 3.63) is 58.6 Å². The number of benzene rings is 2.